The molecular weight excluding hydrogens is 326 g/mol. The molecule has 0 saturated carbocycles. The Morgan fingerprint density at radius 2 is 1.96 bits per heavy atom. The van der Waals surface area contributed by atoms with Gasteiger partial charge in [0.05, 0.1) is 23.0 Å². The summed E-state index contributed by atoms with van der Waals surface area (Å²) in [4.78, 5) is 11.9. The summed E-state index contributed by atoms with van der Waals surface area (Å²) in [5, 5.41) is 9.24. The number of carbonyl (C=O) groups is 1. The van der Waals surface area contributed by atoms with Crippen molar-refractivity contribution < 1.29 is 18.8 Å². The van der Waals surface area contributed by atoms with Gasteiger partial charge in [0.1, 0.15) is 12.4 Å². The third-order valence-electron chi connectivity index (χ3n) is 3.75. The number of nitrogens with zero attached hydrogens (tertiary/aromatic N) is 1. The number of carboxylic acids is 1. The molecule has 0 bridgehead atoms. The lowest BCUT2D eigenvalue weighted by molar-refractivity contribution is -0.137. The van der Waals surface area contributed by atoms with Crippen LogP contribution in [0.15, 0.2) is 66.1 Å². The second-order valence-corrected chi connectivity index (χ2v) is 6.65. The monoisotopic (exact) mass is 343 g/mol. The second-order valence-electron chi connectivity index (χ2n) is 5.32. The molecule has 0 radical (unpaired) electrons. The number of anilines is 1. The summed E-state index contributed by atoms with van der Waals surface area (Å²) in [5.74, 6) is -0.249. The van der Waals surface area contributed by atoms with Crippen LogP contribution in [0.2, 0.25) is 0 Å². The standard InChI is InChI=1S/C18H17NO4S/c1-2-11-23-14-9-7-13(8-10-14)19-16(12-18(20)21)15-5-3-4-6-17(15)24(19)22/h2-10,16H,1,11-12H2,(H,20,21). The molecule has 0 aliphatic carbocycles. The van der Waals surface area contributed by atoms with Crippen LogP contribution in [-0.2, 0) is 15.8 Å². The number of fused-ring (bicyclic) bond motifs is 1. The Hall–Kier alpha value is -2.60. The molecule has 0 saturated heterocycles. The lowest BCUT2D eigenvalue weighted by Gasteiger charge is -2.24. The summed E-state index contributed by atoms with van der Waals surface area (Å²) in [7, 11) is -1.43. The molecule has 1 aliphatic heterocycles. The number of hydrogen-bond donors (Lipinski definition) is 1. The lowest BCUT2D eigenvalue weighted by Crippen LogP contribution is -2.25. The Balaban J connectivity index is 1.95. The van der Waals surface area contributed by atoms with E-state index in [1.54, 1.807) is 40.7 Å². The van der Waals surface area contributed by atoms with E-state index in [0.717, 1.165) is 5.56 Å². The van der Waals surface area contributed by atoms with Crippen LogP contribution < -0.4 is 9.04 Å². The van der Waals surface area contributed by atoms with Crippen molar-refractivity contribution in [1.82, 2.24) is 0 Å². The molecule has 1 N–H and O–H groups in total. The van der Waals surface area contributed by atoms with Crippen LogP contribution in [0.1, 0.15) is 18.0 Å². The quantitative estimate of drug-likeness (QED) is 0.817. The fraction of sp³-hybridized carbons (Fsp3) is 0.167. The van der Waals surface area contributed by atoms with Crippen molar-refractivity contribution in [3.05, 3.63) is 66.7 Å². The average Bonchev–Trinajstić information content (AvgIpc) is 2.86. The van der Waals surface area contributed by atoms with Crippen molar-refractivity contribution in [1.29, 1.82) is 0 Å². The summed E-state index contributed by atoms with van der Waals surface area (Å²) < 4.78 is 19.9. The highest BCUT2D eigenvalue weighted by molar-refractivity contribution is 7.87. The highest BCUT2D eigenvalue weighted by Crippen LogP contribution is 2.42. The molecule has 2 aromatic carbocycles. The Kier molecular flexibility index (Phi) is 4.66. The van der Waals surface area contributed by atoms with Gasteiger partial charge in [0.25, 0.3) is 0 Å². The molecule has 24 heavy (non-hydrogen) atoms. The smallest absolute Gasteiger partial charge is 0.305 e. The number of aliphatic carboxylic acids is 1. The maximum atomic E-state index is 12.8. The van der Waals surface area contributed by atoms with E-state index in [1.165, 1.54) is 0 Å². The van der Waals surface area contributed by atoms with Crippen molar-refractivity contribution in [2.75, 3.05) is 10.9 Å². The van der Waals surface area contributed by atoms with E-state index in [1.807, 2.05) is 18.2 Å². The third-order valence-corrected chi connectivity index (χ3v) is 5.33. The first-order chi connectivity index (χ1) is 11.6. The minimum Gasteiger partial charge on any atom is -0.490 e. The van der Waals surface area contributed by atoms with Crippen LogP contribution in [0.5, 0.6) is 5.75 Å². The molecule has 3 rings (SSSR count). The predicted octanol–water partition coefficient (Wildman–Crippen LogP) is 3.31. The van der Waals surface area contributed by atoms with Gasteiger partial charge >= 0.3 is 5.97 Å². The van der Waals surface area contributed by atoms with Gasteiger partial charge in [0, 0.05) is 0 Å². The topological polar surface area (TPSA) is 66.8 Å². The molecule has 2 aromatic rings. The first-order valence-corrected chi connectivity index (χ1v) is 8.58. The Labute approximate surface area is 142 Å². The zero-order valence-corrected chi connectivity index (χ0v) is 13.7. The Morgan fingerprint density at radius 3 is 2.62 bits per heavy atom. The second kappa shape index (κ2) is 6.88. The van der Waals surface area contributed by atoms with E-state index in [4.69, 9.17) is 4.74 Å². The molecule has 1 heterocycles. The van der Waals surface area contributed by atoms with Gasteiger partial charge in [-0.3, -0.25) is 9.10 Å². The first kappa shape index (κ1) is 16.3. The van der Waals surface area contributed by atoms with Crippen LogP contribution in [0.3, 0.4) is 0 Å². The van der Waals surface area contributed by atoms with Crippen molar-refractivity contribution in [2.45, 2.75) is 17.4 Å². The highest BCUT2D eigenvalue weighted by atomic mass is 32.2. The molecule has 6 heteroatoms. The van der Waals surface area contributed by atoms with E-state index >= 15 is 0 Å². The van der Waals surface area contributed by atoms with Crippen LogP contribution >= 0.6 is 0 Å². The maximum Gasteiger partial charge on any atom is 0.305 e. The fourth-order valence-electron chi connectivity index (χ4n) is 2.74. The third kappa shape index (κ3) is 3.05. The molecule has 124 valence electrons. The van der Waals surface area contributed by atoms with Gasteiger partial charge in [-0.1, -0.05) is 30.9 Å². The molecule has 1 aliphatic rings. The number of ether oxygens (including phenoxy) is 1. The first-order valence-electron chi connectivity index (χ1n) is 7.47. The zero-order chi connectivity index (χ0) is 17.1. The molecule has 0 fully saturated rings. The summed E-state index contributed by atoms with van der Waals surface area (Å²) in [6, 6.07) is 13.9. The molecule has 0 amide bonds. The van der Waals surface area contributed by atoms with E-state index in [9.17, 15) is 14.1 Å². The highest BCUT2D eigenvalue weighted by Gasteiger charge is 2.37. The summed E-state index contributed by atoms with van der Waals surface area (Å²) in [6.45, 7) is 4.00. The summed E-state index contributed by atoms with van der Waals surface area (Å²) in [6.07, 6.45) is 1.54. The van der Waals surface area contributed by atoms with Gasteiger partial charge in [0.2, 0.25) is 0 Å². The minimum absolute atomic E-state index is 0.114. The number of benzene rings is 2. The zero-order valence-electron chi connectivity index (χ0n) is 12.9. The molecule has 2 atom stereocenters. The Morgan fingerprint density at radius 1 is 1.25 bits per heavy atom. The van der Waals surface area contributed by atoms with Crippen molar-refractivity contribution in [2.24, 2.45) is 0 Å². The predicted molar refractivity (Wildman–Crippen MR) is 92.5 cm³/mol. The van der Waals surface area contributed by atoms with E-state index in [0.29, 0.717) is 22.9 Å². The molecule has 0 spiro atoms. The molecule has 5 nitrogen and oxygen atoms in total. The molecule has 2 unspecified atom stereocenters. The van der Waals surface area contributed by atoms with Crippen LogP contribution in [0.25, 0.3) is 0 Å². The van der Waals surface area contributed by atoms with Gasteiger partial charge in [-0.05, 0) is 35.9 Å². The fourth-order valence-corrected chi connectivity index (χ4v) is 4.29. The van der Waals surface area contributed by atoms with Gasteiger partial charge in [0.15, 0.2) is 11.0 Å². The van der Waals surface area contributed by atoms with Crippen molar-refractivity contribution in [3.8, 4) is 5.75 Å². The van der Waals surface area contributed by atoms with Gasteiger partial charge in [-0.2, -0.15) is 0 Å². The number of rotatable bonds is 6. The molecule has 0 aromatic heterocycles. The van der Waals surface area contributed by atoms with Crippen molar-refractivity contribution >= 4 is 22.6 Å². The summed E-state index contributed by atoms with van der Waals surface area (Å²) >= 11 is 0. The van der Waals surface area contributed by atoms with E-state index in [2.05, 4.69) is 6.58 Å². The van der Waals surface area contributed by atoms with Gasteiger partial charge in [-0.25, -0.2) is 4.21 Å². The van der Waals surface area contributed by atoms with Gasteiger partial charge < -0.3 is 9.84 Å². The lowest BCUT2D eigenvalue weighted by atomic mass is 10.0. The van der Waals surface area contributed by atoms with E-state index < -0.39 is 23.0 Å². The minimum atomic E-state index is -1.43. The number of hydrogen-bond acceptors (Lipinski definition) is 3. The number of carboxylic acid groups (broad SMARTS) is 1. The largest absolute Gasteiger partial charge is 0.490 e. The molecular formula is C18H17NO4S. The SMILES string of the molecule is C=CCOc1ccc(N2C(CC(=O)O)c3ccccc3S2=O)cc1. The maximum absolute atomic E-state index is 12.8. The van der Waals surface area contributed by atoms with Gasteiger partial charge in [-0.15, -0.1) is 0 Å². The van der Waals surface area contributed by atoms with Crippen LogP contribution in [0, 0.1) is 0 Å². The Bertz CT molecular complexity index is 788. The average molecular weight is 343 g/mol. The van der Waals surface area contributed by atoms with Crippen LogP contribution in [0.4, 0.5) is 5.69 Å². The summed E-state index contributed by atoms with van der Waals surface area (Å²) in [5.41, 5.74) is 1.49. The normalized spacial score (nSPS) is 18.9. The van der Waals surface area contributed by atoms with E-state index in [-0.39, 0.29) is 6.42 Å². The van der Waals surface area contributed by atoms with Crippen molar-refractivity contribution in [3.63, 3.8) is 0 Å². The van der Waals surface area contributed by atoms with Crippen LogP contribution in [-0.4, -0.2) is 21.9 Å².